The molecule has 0 saturated carbocycles. The van der Waals surface area contributed by atoms with Crippen molar-refractivity contribution in [1.29, 1.82) is 0 Å². The van der Waals surface area contributed by atoms with Gasteiger partial charge in [0.1, 0.15) is 6.04 Å². The van der Waals surface area contributed by atoms with E-state index in [2.05, 4.69) is 0 Å². The number of likely N-dealkylation sites (tertiary alicyclic amines) is 2. The van der Waals surface area contributed by atoms with E-state index < -0.39 is 18.1 Å². The molecule has 2 amide bonds. The number of halogens is 3. The van der Waals surface area contributed by atoms with Gasteiger partial charge in [-0.2, -0.15) is 13.2 Å². The smallest absolute Gasteiger partial charge is 0.336 e. The number of piperidine rings is 1. The molecule has 0 radical (unpaired) electrons. The van der Waals surface area contributed by atoms with Gasteiger partial charge in [0.25, 0.3) is 0 Å². The lowest BCUT2D eigenvalue weighted by molar-refractivity contribution is -0.187. The van der Waals surface area contributed by atoms with E-state index in [1.807, 2.05) is 13.8 Å². The van der Waals surface area contributed by atoms with Gasteiger partial charge >= 0.3 is 12.1 Å². The molecule has 21 heavy (non-hydrogen) atoms. The maximum Gasteiger partial charge on any atom is 0.471 e. The molecule has 2 aliphatic rings. The first-order valence-electron chi connectivity index (χ1n) is 7.43. The number of amides is 2. The van der Waals surface area contributed by atoms with Crippen molar-refractivity contribution in [2.24, 2.45) is 0 Å². The predicted molar refractivity (Wildman–Crippen MR) is 70.4 cm³/mol. The Morgan fingerprint density at radius 2 is 1.57 bits per heavy atom. The molecule has 0 bridgehead atoms. The van der Waals surface area contributed by atoms with Crippen LogP contribution in [0.1, 0.15) is 46.0 Å². The average Bonchev–Trinajstić information content (AvgIpc) is 2.85. The van der Waals surface area contributed by atoms with Crippen LogP contribution in [-0.2, 0) is 9.59 Å². The minimum atomic E-state index is -4.91. The second-order valence-corrected chi connectivity index (χ2v) is 6.03. The van der Waals surface area contributed by atoms with Crippen LogP contribution in [0.25, 0.3) is 0 Å². The van der Waals surface area contributed by atoms with Gasteiger partial charge in [-0.25, -0.2) is 0 Å². The molecule has 2 rings (SSSR count). The summed E-state index contributed by atoms with van der Waals surface area (Å²) in [6.45, 7) is 3.84. The van der Waals surface area contributed by atoms with E-state index in [4.69, 9.17) is 0 Å². The molecular formula is C14H21F3N2O2. The van der Waals surface area contributed by atoms with Crippen LogP contribution in [0.3, 0.4) is 0 Å². The number of hydrogen-bond acceptors (Lipinski definition) is 2. The van der Waals surface area contributed by atoms with E-state index >= 15 is 0 Å². The Morgan fingerprint density at radius 3 is 2.10 bits per heavy atom. The van der Waals surface area contributed by atoms with Gasteiger partial charge < -0.3 is 9.80 Å². The van der Waals surface area contributed by atoms with E-state index in [0.717, 1.165) is 19.3 Å². The zero-order valence-corrected chi connectivity index (χ0v) is 12.3. The Hall–Kier alpha value is -1.27. The molecule has 3 atom stereocenters. The third kappa shape index (κ3) is 3.16. The van der Waals surface area contributed by atoms with Crippen molar-refractivity contribution in [3.05, 3.63) is 0 Å². The van der Waals surface area contributed by atoms with Crippen LogP contribution in [0, 0.1) is 0 Å². The van der Waals surface area contributed by atoms with Crippen molar-refractivity contribution in [3.8, 4) is 0 Å². The molecule has 0 aromatic carbocycles. The maximum atomic E-state index is 12.6. The lowest BCUT2D eigenvalue weighted by Gasteiger charge is -2.41. The molecule has 4 nitrogen and oxygen atoms in total. The van der Waals surface area contributed by atoms with Crippen molar-refractivity contribution < 1.29 is 22.8 Å². The number of carbonyl (C=O) groups is 2. The molecule has 2 fully saturated rings. The van der Waals surface area contributed by atoms with Crippen LogP contribution >= 0.6 is 0 Å². The fraction of sp³-hybridized carbons (Fsp3) is 0.857. The van der Waals surface area contributed by atoms with Gasteiger partial charge in [-0.3, -0.25) is 9.59 Å². The number of nitrogens with zero attached hydrogens (tertiary/aromatic N) is 2. The minimum Gasteiger partial charge on any atom is -0.336 e. The summed E-state index contributed by atoms with van der Waals surface area (Å²) in [7, 11) is 0. The lowest BCUT2D eigenvalue weighted by Crippen LogP contribution is -2.56. The Bertz CT molecular complexity index is 415. The highest BCUT2D eigenvalue weighted by molar-refractivity contribution is 5.90. The first kappa shape index (κ1) is 16.1. The Morgan fingerprint density at radius 1 is 1.00 bits per heavy atom. The number of hydrogen-bond donors (Lipinski definition) is 0. The van der Waals surface area contributed by atoms with Crippen molar-refractivity contribution in [2.75, 3.05) is 6.54 Å². The topological polar surface area (TPSA) is 40.6 Å². The molecular weight excluding hydrogens is 285 g/mol. The average molecular weight is 306 g/mol. The zero-order chi connectivity index (χ0) is 15.8. The predicted octanol–water partition coefficient (Wildman–Crippen LogP) is 2.33. The first-order chi connectivity index (χ1) is 9.73. The van der Waals surface area contributed by atoms with E-state index in [-0.39, 0.29) is 24.5 Å². The summed E-state index contributed by atoms with van der Waals surface area (Å²) in [5, 5.41) is 0. The summed E-state index contributed by atoms with van der Waals surface area (Å²) < 4.78 is 37.9. The molecule has 2 heterocycles. The van der Waals surface area contributed by atoms with Crippen LogP contribution in [-0.4, -0.2) is 52.5 Å². The van der Waals surface area contributed by atoms with E-state index in [0.29, 0.717) is 17.7 Å². The molecule has 2 saturated heterocycles. The maximum absolute atomic E-state index is 12.6. The second-order valence-electron chi connectivity index (χ2n) is 6.03. The van der Waals surface area contributed by atoms with Gasteiger partial charge in [0.05, 0.1) is 0 Å². The summed E-state index contributed by atoms with van der Waals surface area (Å²) in [5.41, 5.74) is 0. The van der Waals surface area contributed by atoms with Gasteiger partial charge in [0.2, 0.25) is 5.91 Å². The van der Waals surface area contributed by atoms with E-state index in [1.54, 1.807) is 4.90 Å². The number of alkyl halides is 3. The Labute approximate surface area is 122 Å². The number of rotatable bonds is 1. The van der Waals surface area contributed by atoms with Gasteiger partial charge in [0, 0.05) is 18.6 Å². The van der Waals surface area contributed by atoms with Gasteiger partial charge in [-0.05, 0) is 46.0 Å². The first-order valence-corrected chi connectivity index (χ1v) is 7.43. The van der Waals surface area contributed by atoms with Crippen molar-refractivity contribution in [3.63, 3.8) is 0 Å². The van der Waals surface area contributed by atoms with Gasteiger partial charge in [-0.15, -0.1) is 0 Å². The largest absolute Gasteiger partial charge is 0.471 e. The molecule has 0 aliphatic carbocycles. The highest BCUT2D eigenvalue weighted by Gasteiger charge is 2.49. The third-order valence-electron chi connectivity index (χ3n) is 4.49. The second kappa shape index (κ2) is 5.85. The summed E-state index contributed by atoms with van der Waals surface area (Å²) in [5.74, 6) is -2.22. The summed E-state index contributed by atoms with van der Waals surface area (Å²) in [6.07, 6.45) is -1.43. The highest BCUT2D eigenvalue weighted by Crippen LogP contribution is 2.30. The monoisotopic (exact) mass is 306 g/mol. The Balaban J connectivity index is 2.15. The summed E-state index contributed by atoms with van der Waals surface area (Å²) in [4.78, 5) is 26.5. The van der Waals surface area contributed by atoms with E-state index in [1.165, 1.54) is 0 Å². The zero-order valence-electron chi connectivity index (χ0n) is 12.3. The van der Waals surface area contributed by atoms with Gasteiger partial charge in [0.15, 0.2) is 0 Å². The molecule has 0 aromatic heterocycles. The number of carbonyl (C=O) groups excluding carboxylic acids is 2. The fourth-order valence-electron chi connectivity index (χ4n) is 3.46. The lowest BCUT2D eigenvalue weighted by atomic mass is 9.96. The molecule has 120 valence electrons. The molecule has 3 unspecified atom stereocenters. The quantitative estimate of drug-likeness (QED) is 0.746. The third-order valence-corrected chi connectivity index (χ3v) is 4.49. The fourth-order valence-corrected chi connectivity index (χ4v) is 3.46. The molecule has 0 N–H and O–H groups in total. The minimum absolute atomic E-state index is 0.00531. The van der Waals surface area contributed by atoms with Crippen LogP contribution in [0.5, 0.6) is 0 Å². The molecule has 0 spiro atoms. The molecule has 0 aromatic rings. The van der Waals surface area contributed by atoms with E-state index in [9.17, 15) is 22.8 Å². The van der Waals surface area contributed by atoms with Crippen LogP contribution in [0.4, 0.5) is 13.2 Å². The molecule has 2 aliphatic heterocycles. The standard InChI is InChI=1S/C14H21F3N2O2/c1-9-5-3-6-10(2)19(9)12(20)11-7-4-8-18(11)13(21)14(15,16)17/h9-11H,3-8H2,1-2H3. The summed E-state index contributed by atoms with van der Waals surface area (Å²) in [6, 6.07) is -0.920. The Kier molecular flexibility index (Phi) is 4.49. The SMILES string of the molecule is CC1CCCC(C)N1C(=O)C1CCCN1C(=O)C(F)(F)F. The van der Waals surface area contributed by atoms with Crippen LogP contribution in [0.15, 0.2) is 0 Å². The van der Waals surface area contributed by atoms with Crippen molar-refractivity contribution in [1.82, 2.24) is 9.80 Å². The normalized spacial score (nSPS) is 30.6. The van der Waals surface area contributed by atoms with Crippen molar-refractivity contribution >= 4 is 11.8 Å². The molecule has 7 heteroatoms. The van der Waals surface area contributed by atoms with Crippen LogP contribution in [0.2, 0.25) is 0 Å². The van der Waals surface area contributed by atoms with Crippen molar-refractivity contribution in [2.45, 2.75) is 70.3 Å². The van der Waals surface area contributed by atoms with Gasteiger partial charge in [-0.1, -0.05) is 0 Å². The summed E-state index contributed by atoms with van der Waals surface area (Å²) >= 11 is 0. The van der Waals surface area contributed by atoms with Crippen LogP contribution < -0.4 is 0 Å². The highest BCUT2D eigenvalue weighted by atomic mass is 19.4.